The van der Waals surface area contributed by atoms with Gasteiger partial charge in [-0.15, -0.1) is 0 Å². The molecule has 0 saturated carbocycles. The van der Waals surface area contributed by atoms with Crippen LogP contribution in [-0.4, -0.2) is 54.1 Å². The maximum atomic E-state index is 13.7. The Labute approximate surface area is 119 Å². The number of benzene rings is 1. The van der Waals surface area contributed by atoms with Crippen molar-refractivity contribution in [3.63, 3.8) is 0 Å². The van der Waals surface area contributed by atoms with Gasteiger partial charge in [-0.25, -0.2) is 4.39 Å². The van der Waals surface area contributed by atoms with E-state index in [1.165, 1.54) is 24.5 Å². The molecule has 1 aromatic carbocycles. The molecule has 2 rings (SSSR count). The number of carbonyl (C=O) groups excluding carboxylic acids is 1. The summed E-state index contributed by atoms with van der Waals surface area (Å²) >= 11 is 0. The van der Waals surface area contributed by atoms with Gasteiger partial charge in [0.2, 0.25) is 0 Å². The minimum absolute atomic E-state index is 0.122. The van der Waals surface area contributed by atoms with E-state index in [1.54, 1.807) is 0 Å². The molecule has 1 aliphatic rings. The van der Waals surface area contributed by atoms with Crippen LogP contribution in [0, 0.1) is 5.82 Å². The van der Waals surface area contributed by atoms with Crippen molar-refractivity contribution in [3.05, 3.63) is 24.0 Å². The van der Waals surface area contributed by atoms with Gasteiger partial charge in [-0.3, -0.25) is 9.00 Å². The Balaban J connectivity index is 2.04. The van der Waals surface area contributed by atoms with E-state index in [2.05, 4.69) is 5.32 Å². The summed E-state index contributed by atoms with van der Waals surface area (Å²) in [6.45, 7) is 1.79. The molecule has 1 saturated heterocycles. The van der Waals surface area contributed by atoms with Crippen LogP contribution in [0.3, 0.4) is 0 Å². The number of amides is 1. The summed E-state index contributed by atoms with van der Waals surface area (Å²) in [5.41, 5.74) is 0.332. The van der Waals surface area contributed by atoms with E-state index >= 15 is 0 Å². The Morgan fingerprint density at radius 3 is 2.90 bits per heavy atom. The fourth-order valence-corrected chi connectivity index (χ4v) is 2.56. The number of rotatable bonds is 3. The molecule has 1 aromatic rings. The van der Waals surface area contributed by atoms with Crippen molar-refractivity contribution in [1.29, 1.82) is 0 Å². The molecule has 1 aliphatic heterocycles. The van der Waals surface area contributed by atoms with Crippen LogP contribution in [-0.2, 0) is 20.3 Å². The molecule has 2 atom stereocenters. The Morgan fingerprint density at radius 1 is 1.55 bits per heavy atom. The van der Waals surface area contributed by atoms with Crippen molar-refractivity contribution < 1.29 is 18.1 Å². The Bertz CT molecular complexity index is 538. The lowest BCUT2D eigenvalue weighted by atomic mass is 10.2. The summed E-state index contributed by atoms with van der Waals surface area (Å²) in [4.78, 5) is 14.1. The third kappa shape index (κ3) is 3.62. The van der Waals surface area contributed by atoms with Gasteiger partial charge in [0.05, 0.1) is 22.3 Å². The fraction of sp³-hybridized carbons (Fsp3) is 0.462. The molecule has 1 fully saturated rings. The lowest BCUT2D eigenvalue weighted by Crippen LogP contribution is -2.46. The first-order valence-electron chi connectivity index (χ1n) is 6.21. The van der Waals surface area contributed by atoms with E-state index in [0.29, 0.717) is 18.8 Å². The van der Waals surface area contributed by atoms with Gasteiger partial charge in [-0.1, -0.05) is 0 Å². The molecule has 1 heterocycles. The maximum absolute atomic E-state index is 13.7. The number of morpholine rings is 1. The first-order valence-corrected chi connectivity index (χ1v) is 7.77. The highest BCUT2D eigenvalue weighted by Gasteiger charge is 2.25. The largest absolute Gasteiger partial charge is 0.366 e. The molecule has 5 nitrogen and oxygen atoms in total. The highest BCUT2D eigenvalue weighted by molar-refractivity contribution is 7.84. The summed E-state index contributed by atoms with van der Waals surface area (Å²) in [6, 6.07) is 4.11. The van der Waals surface area contributed by atoms with E-state index in [9.17, 15) is 13.4 Å². The van der Waals surface area contributed by atoms with E-state index < -0.39 is 22.7 Å². The lowest BCUT2D eigenvalue weighted by Gasteiger charge is -2.29. The zero-order valence-electron chi connectivity index (χ0n) is 11.4. The van der Waals surface area contributed by atoms with E-state index in [4.69, 9.17) is 4.74 Å². The molecule has 1 amide bonds. The number of carbonyl (C=O) groups is 1. The normalized spacial score (nSPS) is 21.4. The number of nitrogens with one attached hydrogen (secondary N) is 1. The molecule has 0 aromatic heterocycles. The second kappa shape index (κ2) is 6.43. The van der Waals surface area contributed by atoms with Gasteiger partial charge in [0.1, 0.15) is 11.9 Å². The topological polar surface area (TPSA) is 58.6 Å². The number of anilines is 1. The number of nitrogens with zero attached hydrogens (tertiary/aromatic N) is 1. The van der Waals surface area contributed by atoms with Crippen LogP contribution in [0.15, 0.2) is 23.1 Å². The van der Waals surface area contributed by atoms with Crippen LogP contribution in [0.4, 0.5) is 10.1 Å². The number of likely N-dealkylation sites (N-methyl/N-ethyl adjacent to an activating group) is 1. The second-order valence-corrected chi connectivity index (χ2v) is 6.06. The molecule has 0 spiro atoms. The Hall–Kier alpha value is -1.31. The van der Waals surface area contributed by atoms with E-state index in [1.807, 2.05) is 11.9 Å². The minimum atomic E-state index is -1.39. The molecule has 0 unspecified atom stereocenters. The zero-order valence-corrected chi connectivity index (χ0v) is 12.2. The van der Waals surface area contributed by atoms with Gasteiger partial charge in [0, 0.05) is 25.0 Å². The Morgan fingerprint density at radius 2 is 2.30 bits per heavy atom. The van der Waals surface area contributed by atoms with Crippen LogP contribution in [0.1, 0.15) is 0 Å². The molecule has 20 heavy (non-hydrogen) atoms. The van der Waals surface area contributed by atoms with Crippen LogP contribution in [0.25, 0.3) is 0 Å². The number of hydrogen-bond donors (Lipinski definition) is 1. The van der Waals surface area contributed by atoms with Crippen molar-refractivity contribution >= 4 is 22.4 Å². The number of ether oxygens (including phenoxy) is 1. The van der Waals surface area contributed by atoms with Crippen molar-refractivity contribution in [2.24, 2.45) is 0 Å². The summed E-state index contributed by atoms with van der Waals surface area (Å²) in [7, 11) is 0.521. The third-order valence-corrected chi connectivity index (χ3v) is 4.02. The van der Waals surface area contributed by atoms with Crippen LogP contribution < -0.4 is 5.32 Å². The predicted octanol–water partition coefficient (Wildman–Crippen LogP) is 0.832. The first kappa shape index (κ1) is 15.1. The first-order chi connectivity index (χ1) is 9.47. The molecular weight excluding hydrogens is 283 g/mol. The summed E-state index contributed by atoms with van der Waals surface area (Å²) < 4.78 is 30.3. The molecule has 0 bridgehead atoms. The summed E-state index contributed by atoms with van der Waals surface area (Å²) in [6.07, 6.45) is 0.847. The van der Waals surface area contributed by atoms with Crippen molar-refractivity contribution in [3.8, 4) is 0 Å². The SMILES string of the molecule is CN1CCO[C@@H](C(=O)Nc2ccc([S@](C)=O)c(F)c2)C1. The molecule has 0 aliphatic carbocycles. The smallest absolute Gasteiger partial charge is 0.254 e. The molecule has 0 radical (unpaired) electrons. The lowest BCUT2D eigenvalue weighted by molar-refractivity contribution is -0.132. The van der Waals surface area contributed by atoms with E-state index in [-0.39, 0.29) is 10.8 Å². The molecule has 7 heteroatoms. The van der Waals surface area contributed by atoms with Gasteiger partial charge in [-0.05, 0) is 25.2 Å². The minimum Gasteiger partial charge on any atom is -0.366 e. The molecule has 110 valence electrons. The molecular formula is C13H17FN2O3S. The van der Waals surface area contributed by atoms with Crippen molar-refractivity contribution in [1.82, 2.24) is 4.90 Å². The number of halogens is 1. The van der Waals surface area contributed by atoms with Crippen LogP contribution in [0.5, 0.6) is 0 Å². The average molecular weight is 300 g/mol. The van der Waals surface area contributed by atoms with Gasteiger partial charge < -0.3 is 15.0 Å². The Kier molecular flexibility index (Phi) is 4.85. The zero-order chi connectivity index (χ0) is 14.7. The number of hydrogen-bond acceptors (Lipinski definition) is 4. The van der Waals surface area contributed by atoms with Gasteiger partial charge >= 0.3 is 0 Å². The van der Waals surface area contributed by atoms with E-state index in [0.717, 1.165) is 6.54 Å². The highest BCUT2D eigenvalue weighted by atomic mass is 32.2. The monoisotopic (exact) mass is 300 g/mol. The maximum Gasteiger partial charge on any atom is 0.254 e. The van der Waals surface area contributed by atoms with Crippen molar-refractivity contribution in [2.45, 2.75) is 11.0 Å². The van der Waals surface area contributed by atoms with Gasteiger partial charge in [-0.2, -0.15) is 0 Å². The summed E-state index contributed by atoms with van der Waals surface area (Å²) in [5, 5.41) is 2.61. The third-order valence-electron chi connectivity index (χ3n) is 3.07. The van der Waals surface area contributed by atoms with Crippen LogP contribution in [0.2, 0.25) is 0 Å². The standard InChI is InChI=1S/C13H17FN2O3S/c1-16-5-6-19-11(8-16)13(17)15-9-3-4-12(20(2)18)10(14)7-9/h3-4,7,11H,5-6,8H2,1-2H3,(H,15,17)/t11-,20+/m1/s1. The van der Waals surface area contributed by atoms with Gasteiger partial charge in [0.25, 0.3) is 5.91 Å². The summed E-state index contributed by atoms with van der Waals surface area (Å²) in [5.74, 6) is -0.897. The fourth-order valence-electron chi connectivity index (χ4n) is 1.97. The molecule has 1 N–H and O–H groups in total. The van der Waals surface area contributed by atoms with Crippen molar-refractivity contribution in [2.75, 3.05) is 38.3 Å². The quantitative estimate of drug-likeness (QED) is 0.898. The van der Waals surface area contributed by atoms with Crippen LogP contribution >= 0.6 is 0 Å². The highest BCUT2D eigenvalue weighted by Crippen LogP contribution is 2.17. The second-order valence-electron chi connectivity index (χ2n) is 4.71. The van der Waals surface area contributed by atoms with Gasteiger partial charge in [0.15, 0.2) is 0 Å². The average Bonchev–Trinajstić information content (AvgIpc) is 2.38. The predicted molar refractivity (Wildman–Crippen MR) is 74.6 cm³/mol.